The Morgan fingerprint density at radius 2 is 1.50 bits per heavy atom. The van der Waals surface area contributed by atoms with Crippen molar-refractivity contribution in [2.75, 3.05) is 5.32 Å². The lowest BCUT2D eigenvalue weighted by Gasteiger charge is -2.27. The van der Waals surface area contributed by atoms with Gasteiger partial charge in [-0.15, -0.1) is 0 Å². The van der Waals surface area contributed by atoms with E-state index in [2.05, 4.69) is 0 Å². The van der Waals surface area contributed by atoms with Gasteiger partial charge in [-0.2, -0.15) is 30.7 Å². The molecular formula is C12H12F7NO2. The molecule has 22 heavy (non-hydrogen) atoms. The summed E-state index contributed by atoms with van der Waals surface area (Å²) in [5.41, 5.74) is 0.549. The predicted molar refractivity (Wildman–Crippen MR) is 64.1 cm³/mol. The molecule has 0 aliphatic rings. The first-order valence-corrected chi connectivity index (χ1v) is 5.52. The second kappa shape index (κ2) is 6.11. The molecule has 0 atom stereocenters. The molecule has 1 amide bonds. The van der Waals surface area contributed by atoms with Crippen molar-refractivity contribution in [3.05, 3.63) is 29.3 Å². The summed E-state index contributed by atoms with van der Waals surface area (Å²) in [4.78, 5) is 11.1. The number of halogens is 7. The minimum Gasteiger partial charge on any atom is -0.412 e. The van der Waals surface area contributed by atoms with Gasteiger partial charge in [-0.05, 0) is 31.0 Å². The van der Waals surface area contributed by atoms with Crippen molar-refractivity contribution in [3.63, 3.8) is 0 Å². The average Bonchev–Trinajstić information content (AvgIpc) is 2.33. The van der Waals surface area contributed by atoms with Crippen LogP contribution in [-0.2, 0) is 4.79 Å². The number of hydrogen-bond donors (Lipinski definition) is 1. The van der Waals surface area contributed by atoms with Gasteiger partial charge in [0.1, 0.15) is 0 Å². The second-order valence-corrected chi connectivity index (χ2v) is 4.35. The van der Waals surface area contributed by atoms with Gasteiger partial charge in [0, 0.05) is 5.69 Å². The molecule has 0 heterocycles. The van der Waals surface area contributed by atoms with Crippen molar-refractivity contribution in [2.45, 2.75) is 31.9 Å². The van der Waals surface area contributed by atoms with Crippen LogP contribution in [0.5, 0.6) is 0 Å². The zero-order valence-electron chi connectivity index (χ0n) is 11.3. The first-order chi connectivity index (χ1) is 9.32. The minimum absolute atomic E-state index is 0. The Balaban J connectivity index is 0.00000441. The quantitative estimate of drug-likeness (QED) is 0.847. The molecule has 0 aliphatic heterocycles. The zero-order chi connectivity index (χ0) is 16.6. The molecule has 10 heteroatoms. The third-order valence-corrected chi connectivity index (χ3v) is 2.89. The predicted octanol–water partition coefficient (Wildman–Crippen LogP) is 3.25. The van der Waals surface area contributed by atoms with Crippen molar-refractivity contribution in [2.24, 2.45) is 0 Å². The van der Waals surface area contributed by atoms with Crippen LogP contribution in [0.3, 0.4) is 0 Å². The molecule has 3 N–H and O–H groups in total. The van der Waals surface area contributed by atoms with Gasteiger partial charge in [-0.1, -0.05) is 12.1 Å². The fourth-order valence-corrected chi connectivity index (χ4v) is 1.41. The molecule has 0 aliphatic carbocycles. The highest BCUT2D eigenvalue weighted by Gasteiger charge is 2.76. The summed E-state index contributed by atoms with van der Waals surface area (Å²) in [5.74, 6) is -15.1. The van der Waals surface area contributed by atoms with Gasteiger partial charge < -0.3 is 10.8 Å². The third kappa shape index (κ3) is 3.32. The van der Waals surface area contributed by atoms with E-state index in [-0.39, 0.29) is 16.7 Å². The van der Waals surface area contributed by atoms with Crippen molar-refractivity contribution < 1.29 is 41.0 Å². The monoisotopic (exact) mass is 335 g/mol. The number of rotatable bonds is 3. The van der Waals surface area contributed by atoms with E-state index >= 15 is 0 Å². The van der Waals surface area contributed by atoms with Crippen LogP contribution >= 0.6 is 0 Å². The largest absolute Gasteiger partial charge is 0.460 e. The Hall–Kier alpha value is -1.84. The molecule has 3 nitrogen and oxygen atoms in total. The number of alkyl halides is 7. The first kappa shape index (κ1) is 20.2. The smallest absolute Gasteiger partial charge is 0.412 e. The highest BCUT2D eigenvalue weighted by molar-refractivity contribution is 5.97. The van der Waals surface area contributed by atoms with Gasteiger partial charge >= 0.3 is 23.9 Å². The van der Waals surface area contributed by atoms with E-state index in [4.69, 9.17) is 0 Å². The van der Waals surface area contributed by atoms with Gasteiger partial charge in [-0.25, -0.2) is 0 Å². The van der Waals surface area contributed by atoms with Gasteiger partial charge in [0.15, 0.2) is 0 Å². The standard InChI is InChI=1S/C12H10F7NO.H2O/c1-6-4-3-5-8(7(6)2)20-9(21)10(13,14)11(15,16)12(17,18)19;/h3-5H,1-2H3,(H,20,21);1H2. The SMILES string of the molecule is Cc1cccc(NC(=O)C(F)(F)C(F)(F)C(F)(F)F)c1C.O. The van der Waals surface area contributed by atoms with Crippen LogP contribution in [0.2, 0.25) is 0 Å². The summed E-state index contributed by atoms with van der Waals surface area (Å²) >= 11 is 0. The number of carbonyl (C=O) groups is 1. The normalized spacial score (nSPS) is 12.6. The minimum atomic E-state index is -6.55. The number of benzene rings is 1. The number of anilines is 1. The fraction of sp³-hybridized carbons (Fsp3) is 0.417. The maximum absolute atomic E-state index is 13.1. The molecule has 0 bridgehead atoms. The number of nitrogens with one attached hydrogen (secondary N) is 1. The van der Waals surface area contributed by atoms with E-state index in [1.165, 1.54) is 18.3 Å². The maximum Gasteiger partial charge on any atom is 0.460 e. The Bertz CT molecular complexity index is 555. The Kier molecular flexibility index (Phi) is 5.60. The molecule has 0 fully saturated rings. The number of carbonyl (C=O) groups excluding carboxylic acids is 1. The van der Waals surface area contributed by atoms with E-state index in [1.54, 1.807) is 13.0 Å². The van der Waals surface area contributed by atoms with Crippen LogP contribution in [0.25, 0.3) is 0 Å². The molecule has 1 rings (SSSR count). The number of hydrogen-bond acceptors (Lipinski definition) is 1. The summed E-state index contributed by atoms with van der Waals surface area (Å²) in [5, 5.41) is 1.40. The lowest BCUT2D eigenvalue weighted by Crippen LogP contribution is -2.57. The lowest BCUT2D eigenvalue weighted by atomic mass is 10.1. The lowest BCUT2D eigenvalue weighted by molar-refractivity contribution is -0.343. The van der Waals surface area contributed by atoms with Crippen molar-refractivity contribution in [3.8, 4) is 0 Å². The van der Waals surface area contributed by atoms with E-state index in [1.807, 2.05) is 0 Å². The van der Waals surface area contributed by atoms with Gasteiger partial charge in [0.05, 0.1) is 0 Å². The Morgan fingerprint density at radius 3 is 1.95 bits per heavy atom. The highest BCUT2D eigenvalue weighted by atomic mass is 19.4. The summed E-state index contributed by atoms with van der Waals surface area (Å²) in [6.45, 7) is 2.94. The van der Waals surface area contributed by atoms with E-state index in [0.717, 1.165) is 6.07 Å². The van der Waals surface area contributed by atoms with Crippen molar-refractivity contribution >= 4 is 11.6 Å². The third-order valence-electron chi connectivity index (χ3n) is 2.89. The molecule has 0 unspecified atom stereocenters. The van der Waals surface area contributed by atoms with Gasteiger partial charge in [0.2, 0.25) is 0 Å². The maximum atomic E-state index is 13.1. The number of aryl methyl sites for hydroxylation is 1. The van der Waals surface area contributed by atoms with Crippen LogP contribution in [0.1, 0.15) is 11.1 Å². The van der Waals surface area contributed by atoms with Crippen LogP contribution in [0.15, 0.2) is 18.2 Å². The van der Waals surface area contributed by atoms with Crippen LogP contribution in [0, 0.1) is 13.8 Å². The molecule has 0 saturated carbocycles. The first-order valence-electron chi connectivity index (χ1n) is 5.52. The molecule has 126 valence electrons. The van der Waals surface area contributed by atoms with Crippen molar-refractivity contribution in [1.29, 1.82) is 0 Å². The van der Waals surface area contributed by atoms with E-state index < -0.39 is 23.9 Å². The Morgan fingerprint density at radius 1 is 1.00 bits per heavy atom. The topological polar surface area (TPSA) is 60.6 Å². The molecule has 1 aromatic rings. The molecule has 0 saturated heterocycles. The van der Waals surface area contributed by atoms with Crippen LogP contribution < -0.4 is 5.32 Å². The average molecular weight is 335 g/mol. The summed E-state index contributed by atoms with van der Waals surface area (Å²) in [6, 6.07) is 3.99. The Labute approximate surface area is 120 Å². The molecular weight excluding hydrogens is 323 g/mol. The van der Waals surface area contributed by atoms with Crippen molar-refractivity contribution in [1.82, 2.24) is 0 Å². The molecule has 0 aromatic heterocycles. The number of amides is 1. The molecule has 1 aromatic carbocycles. The van der Waals surface area contributed by atoms with E-state index in [9.17, 15) is 35.5 Å². The second-order valence-electron chi connectivity index (χ2n) is 4.35. The van der Waals surface area contributed by atoms with Gasteiger partial charge in [-0.3, -0.25) is 4.79 Å². The summed E-state index contributed by atoms with van der Waals surface area (Å²) < 4.78 is 87.5. The van der Waals surface area contributed by atoms with Crippen LogP contribution in [-0.4, -0.2) is 29.4 Å². The highest BCUT2D eigenvalue weighted by Crippen LogP contribution is 2.46. The molecule has 0 radical (unpaired) electrons. The summed E-state index contributed by atoms with van der Waals surface area (Å²) in [7, 11) is 0. The zero-order valence-corrected chi connectivity index (χ0v) is 11.3. The summed E-state index contributed by atoms with van der Waals surface area (Å²) in [6.07, 6.45) is -6.55. The van der Waals surface area contributed by atoms with Crippen LogP contribution in [0.4, 0.5) is 36.4 Å². The van der Waals surface area contributed by atoms with E-state index in [0.29, 0.717) is 5.56 Å². The van der Waals surface area contributed by atoms with Gasteiger partial charge in [0.25, 0.3) is 0 Å². The fourth-order valence-electron chi connectivity index (χ4n) is 1.41. The molecule has 0 spiro atoms.